The number of hydrogen-bond donors (Lipinski definition) is 1. The van der Waals surface area contributed by atoms with Crippen LogP contribution in [0, 0.1) is 0 Å². The van der Waals surface area contributed by atoms with Gasteiger partial charge in [-0.2, -0.15) is 5.10 Å². The third-order valence-corrected chi connectivity index (χ3v) is 4.95. The van der Waals surface area contributed by atoms with Crippen LogP contribution in [0.25, 0.3) is 11.4 Å². The van der Waals surface area contributed by atoms with Crippen LogP contribution in [0.5, 0.6) is 0 Å². The Kier molecular flexibility index (Phi) is 5.38. The zero-order valence-corrected chi connectivity index (χ0v) is 15.5. The van der Waals surface area contributed by atoms with Crippen molar-refractivity contribution in [2.75, 3.05) is 19.7 Å². The van der Waals surface area contributed by atoms with Crippen LogP contribution in [0.4, 0.5) is 0 Å². The SMILES string of the molecule is O=C(c1cnc(-c2ccncc2)nc1)N1CCC[C@@H](c2ccn(CCO)n2)C1. The average Bonchev–Trinajstić information content (AvgIpc) is 3.23. The van der Waals surface area contributed by atoms with Gasteiger partial charge in [-0.1, -0.05) is 0 Å². The van der Waals surface area contributed by atoms with Crippen molar-refractivity contribution in [2.45, 2.75) is 25.3 Å². The van der Waals surface area contributed by atoms with Crippen LogP contribution in [0.3, 0.4) is 0 Å². The van der Waals surface area contributed by atoms with Crippen molar-refractivity contribution < 1.29 is 9.90 Å². The van der Waals surface area contributed by atoms with Crippen LogP contribution in [0.1, 0.15) is 34.8 Å². The van der Waals surface area contributed by atoms with E-state index in [4.69, 9.17) is 5.11 Å². The molecule has 0 aromatic carbocycles. The molecule has 0 unspecified atom stereocenters. The summed E-state index contributed by atoms with van der Waals surface area (Å²) in [5.41, 5.74) is 2.32. The summed E-state index contributed by atoms with van der Waals surface area (Å²) >= 11 is 0. The van der Waals surface area contributed by atoms with Crippen LogP contribution in [-0.2, 0) is 6.54 Å². The topological polar surface area (TPSA) is 97.0 Å². The van der Waals surface area contributed by atoms with Gasteiger partial charge in [-0.3, -0.25) is 14.5 Å². The summed E-state index contributed by atoms with van der Waals surface area (Å²) in [6, 6.07) is 5.64. The lowest BCUT2D eigenvalue weighted by Gasteiger charge is -2.32. The summed E-state index contributed by atoms with van der Waals surface area (Å²) in [5, 5.41) is 13.6. The first-order valence-electron chi connectivity index (χ1n) is 9.40. The minimum atomic E-state index is -0.0548. The van der Waals surface area contributed by atoms with E-state index < -0.39 is 0 Å². The van der Waals surface area contributed by atoms with Crippen molar-refractivity contribution in [2.24, 2.45) is 0 Å². The lowest BCUT2D eigenvalue weighted by atomic mass is 9.94. The van der Waals surface area contributed by atoms with E-state index in [2.05, 4.69) is 20.1 Å². The number of hydrogen-bond acceptors (Lipinski definition) is 6. The van der Waals surface area contributed by atoms with Gasteiger partial charge in [0.15, 0.2) is 5.82 Å². The molecule has 1 atom stereocenters. The Morgan fingerprint density at radius 1 is 1.18 bits per heavy atom. The molecule has 8 heteroatoms. The molecule has 1 amide bonds. The van der Waals surface area contributed by atoms with E-state index >= 15 is 0 Å². The van der Waals surface area contributed by atoms with E-state index in [1.165, 1.54) is 0 Å². The minimum Gasteiger partial charge on any atom is -0.394 e. The summed E-state index contributed by atoms with van der Waals surface area (Å²) in [5.74, 6) is 0.723. The van der Waals surface area contributed by atoms with Gasteiger partial charge in [0.05, 0.1) is 24.4 Å². The quantitative estimate of drug-likeness (QED) is 0.726. The van der Waals surface area contributed by atoms with Crippen LogP contribution in [-0.4, -0.2) is 60.3 Å². The van der Waals surface area contributed by atoms with E-state index in [0.717, 1.165) is 30.6 Å². The maximum Gasteiger partial charge on any atom is 0.257 e. The number of carbonyl (C=O) groups is 1. The number of amides is 1. The van der Waals surface area contributed by atoms with E-state index in [1.54, 1.807) is 29.5 Å². The monoisotopic (exact) mass is 378 g/mol. The highest BCUT2D eigenvalue weighted by Crippen LogP contribution is 2.26. The minimum absolute atomic E-state index is 0.0548. The fraction of sp³-hybridized carbons (Fsp3) is 0.350. The van der Waals surface area contributed by atoms with Crippen molar-refractivity contribution in [3.8, 4) is 11.4 Å². The molecule has 4 rings (SSSR count). The van der Waals surface area contributed by atoms with Gasteiger partial charge in [0, 0.05) is 55.6 Å². The molecule has 1 fully saturated rings. The molecular formula is C20H22N6O2. The molecule has 3 aromatic heterocycles. The number of likely N-dealkylation sites (tertiary alicyclic amines) is 1. The molecule has 0 spiro atoms. The Hall–Kier alpha value is -3.13. The molecule has 1 aliphatic rings. The van der Waals surface area contributed by atoms with Crippen molar-refractivity contribution in [3.05, 3.63) is 60.4 Å². The molecule has 4 heterocycles. The van der Waals surface area contributed by atoms with Gasteiger partial charge < -0.3 is 10.0 Å². The summed E-state index contributed by atoms with van der Waals surface area (Å²) in [6.07, 6.45) is 10.4. The number of aromatic nitrogens is 5. The van der Waals surface area contributed by atoms with Crippen molar-refractivity contribution >= 4 is 5.91 Å². The molecule has 0 bridgehead atoms. The zero-order chi connectivity index (χ0) is 19.3. The second-order valence-corrected chi connectivity index (χ2v) is 6.85. The standard InChI is InChI=1S/C20H22N6O2/c27-11-10-26-9-5-18(24-26)16-2-1-8-25(14-16)20(28)17-12-22-19(23-13-17)15-3-6-21-7-4-15/h3-7,9,12-13,16,27H,1-2,8,10-11,14H2/t16-/m1/s1. The van der Waals surface area contributed by atoms with Crippen LogP contribution >= 0.6 is 0 Å². The Labute approximate surface area is 162 Å². The van der Waals surface area contributed by atoms with Crippen molar-refractivity contribution in [1.29, 1.82) is 0 Å². The number of aliphatic hydroxyl groups is 1. The van der Waals surface area contributed by atoms with E-state index in [0.29, 0.717) is 24.5 Å². The highest BCUT2D eigenvalue weighted by Gasteiger charge is 2.27. The fourth-order valence-corrected chi connectivity index (χ4v) is 3.50. The van der Waals surface area contributed by atoms with Gasteiger partial charge in [0.25, 0.3) is 5.91 Å². The number of aliphatic hydroxyl groups excluding tert-OH is 1. The normalized spacial score (nSPS) is 16.9. The first-order valence-corrected chi connectivity index (χ1v) is 9.40. The molecule has 28 heavy (non-hydrogen) atoms. The van der Waals surface area contributed by atoms with Gasteiger partial charge in [-0.05, 0) is 31.0 Å². The highest BCUT2D eigenvalue weighted by atomic mass is 16.3. The molecule has 0 radical (unpaired) electrons. The third kappa shape index (κ3) is 3.91. The number of piperidine rings is 1. The molecule has 1 aliphatic heterocycles. The zero-order valence-electron chi connectivity index (χ0n) is 15.5. The molecule has 8 nitrogen and oxygen atoms in total. The van der Waals surface area contributed by atoms with Crippen LogP contribution in [0.2, 0.25) is 0 Å². The summed E-state index contributed by atoms with van der Waals surface area (Å²) < 4.78 is 1.74. The number of pyridine rings is 1. The summed E-state index contributed by atoms with van der Waals surface area (Å²) in [4.78, 5) is 27.4. The second-order valence-electron chi connectivity index (χ2n) is 6.85. The Bertz CT molecular complexity index is 925. The van der Waals surface area contributed by atoms with E-state index in [1.807, 2.05) is 29.3 Å². The number of rotatable bonds is 5. The van der Waals surface area contributed by atoms with Crippen LogP contribution < -0.4 is 0 Å². The van der Waals surface area contributed by atoms with Gasteiger partial charge >= 0.3 is 0 Å². The van der Waals surface area contributed by atoms with Gasteiger partial charge in [-0.25, -0.2) is 9.97 Å². The first-order chi connectivity index (χ1) is 13.7. The summed E-state index contributed by atoms with van der Waals surface area (Å²) in [7, 11) is 0. The number of nitrogens with zero attached hydrogens (tertiary/aromatic N) is 6. The van der Waals surface area contributed by atoms with Crippen LogP contribution in [0.15, 0.2) is 49.2 Å². The fourth-order valence-electron chi connectivity index (χ4n) is 3.50. The van der Waals surface area contributed by atoms with Gasteiger partial charge in [0.2, 0.25) is 0 Å². The molecular weight excluding hydrogens is 356 g/mol. The van der Waals surface area contributed by atoms with Crippen molar-refractivity contribution in [3.63, 3.8) is 0 Å². The molecule has 0 saturated carbocycles. The lowest BCUT2D eigenvalue weighted by molar-refractivity contribution is 0.0705. The first kappa shape index (κ1) is 18.2. The molecule has 144 valence electrons. The van der Waals surface area contributed by atoms with E-state index in [-0.39, 0.29) is 18.4 Å². The predicted octanol–water partition coefficient (Wildman–Crippen LogP) is 1.75. The lowest BCUT2D eigenvalue weighted by Crippen LogP contribution is -2.39. The molecule has 1 N–H and O–H groups in total. The number of carbonyl (C=O) groups excluding carboxylic acids is 1. The Morgan fingerprint density at radius 2 is 1.96 bits per heavy atom. The Morgan fingerprint density at radius 3 is 2.71 bits per heavy atom. The average molecular weight is 378 g/mol. The second kappa shape index (κ2) is 8.26. The maximum absolute atomic E-state index is 12.9. The summed E-state index contributed by atoms with van der Waals surface area (Å²) in [6.45, 7) is 1.89. The van der Waals surface area contributed by atoms with Gasteiger partial charge in [-0.15, -0.1) is 0 Å². The third-order valence-electron chi connectivity index (χ3n) is 4.95. The predicted molar refractivity (Wildman–Crippen MR) is 102 cm³/mol. The highest BCUT2D eigenvalue weighted by molar-refractivity contribution is 5.93. The van der Waals surface area contributed by atoms with Gasteiger partial charge in [0.1, 0.15) is 0 Å². The molecule has 1 saturated heterocycles. The van der Waals surface area contributed by atoms with E-state index in [9.17, 15) is 4.79 Å². The largest absolute Gasteiger partial charge is 0.394 e. The Balaban J connectivity index is 1.45. The molecule has 3 aromatic rings. The van der Waals surface area contributed by atoms with Crippen molar-refractivity contribution in [1.82, 2.24) is 29.6 Å². The smallest absolute Gasteiger partial charge is 0.257 e. The maximum atomic E-state index is 12.9. The molecule has 0 aliphatic carbocycles.